The second kappa shape index (κ2) is 5.45. The van der Waals surface area contributed by atoms with Gasteiger partial charge < -0.3 is 0 Å². The van der Waals surface area contributed by atoms with Gasteiger partial charge >= 0.3 is 0 Å². The van der Waals surface area contributed by atoms with Crippen molar-refractivity contribution in [3.8, 4) is 0 Å². The lowest BCUT2D eigenvalue weighted by Gasteiger charge is -2.55. The van der Waals surface area contributed by atoms with Crippen molar-refractivity contribution in [2.45, 2.75) is 110 Å². The van der Waals surface area contributed by atoms with Crippen molar-refractivity contribution in [1.29, 1.82) is 4.78 Å². The molecule has 0 aromatic carbocycles. The normalized spacial score (nSPS) is 36.2. The second-order valence-electron chi connectivity index (χ2n) is 10.0. The van der Waals surface area contributed by atoms with Crippen LogP contribution in [0.1, 0.15) is 83.1 Å². The molecule has 1 heterocycles. The Hall–Kier alpha value is -0.0900. The maximum Gasteiger partial charge on any atom is 0.0666 e. The van der Waals surface area contributed by atoms with Crippen molar-refractivity contribution in [2.75, 3.05) is 0 Å². The van der Waals surface area contributed by atoms with E-state index in [1.54, 1.807) is 0 Å². The molecular weight excluding hydrogens is 304 g/mol. The predicted molar refractivity (Wildman–Crippen MR) is 102 cm³/mol. The molecule has 2 atom stereocenters. The van der Waals surface area contributed by atoms with Crippen molar-refractivity contribution in [2.24, 2.45) is 11.3 Å². The van der Waals surface area contributed by atoms with Gasteiger partial charge in [0.1, 0.15) is 0 Å². The lowest BCUT2D eigenvalue weighted by atomic mass is 9.67. The van der Waals surface area contributed by atoms with Gasteiger partial charge in [-0.25, -0.2) is 4.21 Å². The van der Waals surface area contributed by atoms with E-state index in [1.165, 1.54) is 0 Å². The molecule has 0 radical (unpaired) electrons. The van der Waals surface area contributed by atoms with Crippen LogP contribution in [0.3, 0.4) is 0 Å². The average Bonchev–Trinajstić information content (AvgIpc) is 2.33. The Bertz CT molecular complexity index is 510. The summed E-state index contributed by atoms with van der Waals surface area (Å²) in [5.41, 5.74) is -0.574. The van der Waals surface area contributed by atoms with Gasteiger partial charge in [0.15, 0.2) is 0 Å². The zero-order chi connectivity index (χ0) is 18.8. The highest BCUT2D eigenvalue weighted by Gasteiger charge is 2.65. The van der Waals surface area contributed by atoms with Crippen LogP contribution in [0.15, 0.2) is 0 Å². The molecule has 0 spiro atoms. The third kappa shape index (κ3) is 2.42. The first-order chi connectivity index (χ1) is 9.89. The highest BCUT2D eigenvalue weighted by molar-refractivity contribution is 7.95. The standard InChI is InChI=1S/C19H40N2OS/c1-13(2)15-16(5,6)18(9,10)23(20,22)19(11,12)17(7,8)21(15)14(3)4/h13-15,20H,1-12H3. The first-order valence-electron chi connectivity index (χ1n) is 8.95. The number of rotatable bonds is 2. The molecule has 1 N–H and O–H groups in total. The van der Waals surface area contributed by atoms with Crippen molar-refractivity contribution in [3.63, 3.8) is 0 Å². The largest absolute Gasteiger partial charge is 0.291 e. The number of nitrogens with zero attached hydrogens (tertiary/aromatic N) is 1. The summed E-state index contributed by atoms with van der Waals surface area (Å²) in [5.74, 6) is 0.426. The molecule has 0 bridgehead atoms. The summed E-state index contributed by atoms with van der Waals surface area (Å²) >= 11 is 0. The van der Waals surface area contributed by atoms with Crippen LogP contribution >= 0.6 is 0 Å². The van der Waals surface area contributed by atoms with Crippen LogP contribution in [0.5, 0.6) is 0 Å². The van der Waals surface area contributed by atoms with E-state index in [9.17, 15) is 4.21 Å². The monoisotopic (exact) mass is 344 g/mol. The maximum atomic E-state index is 13.9. The zero-order valence-electron chi connectivity index (χ0n) is 17.5. The van der Waals surface area contributed by atoms with Crippen LogP contribution in [0, 0.1) is 16.1 Å². The summed E-state index contributed by atoms with van der Waals surface area (Å²) in [6.07, 6.45) is 0. The van der Waals surface area contributed by atoms with Crippen LogP contribution < -0.4 is 0 Å². The molecule has 138 valence electrons. The smallest absolute Gasteiger partial charge is 0.0666 e. The molecule has 1 fully saturated rings. The number of hydrogen-bond donors (Lipinski definition) is 1. The fourth-order valence-corrected chi connectivity index (χ4v) is 7.79. The first kappa shape index (κ1) is 21.0. The summed E-state index contributed by atoms with van der Waals surface area (Å²) in [4.78, 5) is 2.56. The van der Waals surface area contributed by atoms with E-state index in [2.05, 4.69) is 74.1 Å². The molecule has 0 aromatic rings. The van der Waals surface area contributed by atoms with E-state index in [4.69, 9.17) is 4.78 Å². The SMILES string of the molecule is CC(C)C1N(C(C)C)C(C)(C)C(C)(C)S(=N)(=O)C(C)(C)C1(C)C. The lowest BCUT2D eigenvalue weighted by molar-refractivity contribution is -0.0531. The van der Waals surface area contributed by atoms with Crippen LogP contribution in [0.2, 0.25) is 0 Å². The van der Waals surface area contributed by atoms with Crippen molar-refractivity contribution in [1.82, 2.24) is 4.90 Å². The van der Waals surface area contributed by atoms with Gasteiger partial charge in [-0.3, -0.25) is 9.68 Å². The average molecular weight is 345 g/mol. The molecule has 4 heteroatoms. The van der Waals surface area contributed by atoms with Crippen LogP contribution in [-0.2, 0) is 9.73 Å². The van der Waals surface area contributed by atoms with Gasteiger partial charge in [0, 0.05) is 17.6 Å². The topological polar surface area (TPSA) is 44.2 Å². The first-order valence-corrected chi connectivity index (χ1v) is 10.5. The summed E-state index contributed by atoms with van der Waals surface area (Å²) in [6.45, 7) is 26.0. The molecule has 1 rings (SSSR count). The number of nitrogens with one attached hydrogen (secondary N) is 1. The molecule has 3 nitrogen and oxygen atoms in total. The van der Waals surface area contributed by atoms with Crippen molar-refractivity contribution < 1.29 is 4.21 Å². The summed E-state index contributed by atoms with van der Waals surface area (Å²) in [6, 6.07) is 0.598. The molecule has 1 saturated heterocycles. The Balaban J connectivity index is 3.98. The lowest BCUT2D eigenvalue weighted by Crippen LogP contribution is -2.65. The van der Waals surface area contributed by atoms with Gasteiger partial charge in [-0.1, -0.05) is 27.7 Å². The fraction of sp³-hybridized carbons (Fsp3) is 1.00. The van der Waals surface area contributed by atoms with Gasteiger partial charge in [0.05, 0.1) is 19.2 Å². The van der Waals surface area contributed by atoms with E-state index in [0.29, 0.717) is 12.0 Å². The maximum absolute atomic E-state index is 13.9. The van der Waals surface area contributed by atoms with Gasteiger partial charge in [0.2, 0.25) is 0 Å². The molecular formula is C19H40N2OS. The summed E-state index contributed by atoms with van der Waals surface area (Å²) < 4.78 is 21.8. The predicted octanol–water partition coefficient (Wildman–Crippen LogP) is 5.14. The van der Waals surface area contributed by atoms with E-state index in [1.807, 2.05) is 13.8 Å². The highest BCUT2D eigenvalue weighted by atomic mass is 32.2. The third-order valence-electron chi connectivity index (χ3n) is 7.33. The Morgan fingerprint density at radius 3 is 1.57 bits per heavy atom. The zero-order valence-corrected chi connectivity index (χ0v) is 18.3. The molecule has 23 heavy (non-hydrogen) atoms. The molecule has 0 aliphatic carbocycles. The van der Waals surface area contributed by atoms with Crippen LogP contribution in [-0.4, -0.2) is 36.2 Å². The molecule has 1 aliphatic heterocycles. The highest BCUT2D eigenvalue weighted by Crippen LogP contribution is 2.56. The molecule has 0 aromatic heterocycles. The molecule has 2 unspecified atom stereocenters. The van der Waals surface area contributed by atoms with Crippen molar-refractivity contribution >= 4 is 9.73 Å². The van der Waals surface area contributed by atoms with Crippen molar-refractivity contribution in [3.05, 3.63) is 0 Å². The molecule has 1 aliphatic rings. The summed E-state index contributed by atoms with van der Waals surface area (Å²) in [5, 5.41) is 0. The minimum Gasteiger partial charge on any atom is -0.291 e. The van der Waals surface area contributed by atoms with E-state index in [0.717, 1.165) is 0 Å². The Kier molecular flexibility index (Phi) is 4.97. The Morgan fingerprint density at radius 2 is 1.26 bits per heavy atom. The fourth-order valence-electron chi connectivity index (χ4n) is 4.84. The second-order valence-corrected chi connectivity index (χ2v) is 13.2. The summed E-state index contributed by atoms with van der Waals surface area (Å²) in [7, 11) is -2.87. The van der Waals surface area contributed by atoms with Gasteiger partial charge in [-0.15, -0.1) is 0 Å². The Morgan fingerprint density at radius 1 is 0.870 bits per heavy atom. The molecule has 0 saturated carbocycles. The van der Waals surface area contributed by atoms with Gasteiger partial charge in [0.25, 0.3) is 0 Å². The van der Waals surface area contributed by atoms with E-state index >= 15 is 0 Å². The van der Waals surface area contributed by atoms with Crippen LogP contribution in [0.25, 0.3) is 0 Å². The molecule has 0 amide bonds. The third-order valence-corrected chi connectivity index (χ3v) is 11.2. The van der Waals surface area contributed by atoms with E-state index < -0.39 is 19.2 Å². The van der Waals surface area contributed by atoms with Gasteiger partial charge in [-0.2, -0.15) is 0 Å². The minimum absolute atomic E-state index is 0.241. The number of hydrogen-bond acceptors (Lipinski definition) is 3. The Labute approximate surface area is 145 Å². The van der Waals surface area contributed by atoms with Gasteiger partial charge in [-0.05, 0) is 66.7 Å². The minimum atomic E-state index is -2.87. The van der Waals surface area contributed by atoms with E-state index in [-0.39, 0.29) is 17.0 Å². The van der Waals surface area contributed by atoms with Crippen LogP contribution in [0.4, 0.5) is 0 Å². The quantitative estimate of drug-likeness (QED) is 0.753.